The molecule has 7 nitrogen and oxygen atoms in total. The minimum Gasteiger partial charge on any atom is -0.488 e. The number of Topliss-reactive ketones (excluding diaryl/α,β-unsaturated/α-hetero) is 2. The lowest BCUT2D eigenvalue weighted by atomic mass is 9.97. The molecule has 0 amide bonds. The Kier molecular flexibility index (Phi) is 8.75. The van der Waals surface area contributed by atoms with Gasteiger partial charge in [0, 0.05) is 6.54 Å². The van der Waals surface area contributed by atoms with E-state index in [0.29, 0.717) is 25.3 Å². The first-order chi connectivity index (χ1) is 14.7. The fourth-order valence-corrected chi connectivity index (χ4v) is 2.92. The van der Waals surface area contributed by atoms with Crippen molar-refractivity contribution in [1.82, 2.24) is 4.90 Å². The summed E-state index contributed by atoms with van der Waals surface area (Å²) in [6.45, 7) is 4.67. The van der Waals surface area contributed by atoms with Crippen molar-refractivity contribution in [2.75, 3.05) is 27.2 Å². The van der Waals surface area contributed by atoms with Crippen molar-refractivity contribution < 1.29 is 29.0 Å². The molecule has 0 aliphatic heterocycles. The summed E-state index contributed by atoms with van der Waals surface area (Å²) >= 11 is 0. The number of carboxylic acid groups (broad SMARTS) is 1. The molecule has 2 aromatic carbocycles. The SMILES string of the molecule is CC(C)Oc1c(OCCN(C)C)cc(Cc2ccccc2)cc1C(=O)CC(=O)C(=O)O. The molecular weight excluding hydrogens is 398 g/mol. The summed E-state index contributed by atoms with van der Waals surface area (Å²) in [6.07, 6.45) is -0.451. The first-order valence-electron chi connectivity index (χ1n) is 10.1. The number of rotatable bonds is 12. The molecule has 0 saturated heterocycles. The standard InChI is InChI=1S/C24H29NO6/c1-16(2)31-23-19(20(26)15-21(27)24(28)29)13-18(12-17-8-6-5-7-9-17)14-22(23)30-11-10-25(3)4/h5-9,13-14,16H,10-12,15H2,1-4H3,(H,28,29). The van der Waals surface area contributed by atoms with Crippen molar-refractivity contribution in [3.63, 3.8) is 0 Å². The topological polar surface area (TPSA) is 93.1 Å². The van der Waals surface area contributed by atoms with E-state index in [-0.39, 0.29) is 17.4 Å². The van der Waals surface area contributed by atoms with Crippen LogP contribution < -0.4 is 9.47 Å². The molecule has 0 radical (unpaired) electrons. The Morgan fingerprint density at radius 2 is 1.71 bits per heavy atom. The fraction of sp³-hybridized carbons (Fsp3) is 0.375. The molecule has 0 bridgehead atoms. The molecule has 0 heterocycles. The molecule has 7 heteroatoms. The number of hydrogen-bond acceptors (Lipinski definition) is 6. The quantitative estimate of drug-likeness (QED) is 0.316. The summed E-state index contributed by atoms with van der Waals surface area (Å²) < 4.78 is 11.8. The number of benzene rings is 2. The lowest BCUT2D eigenvalue weighted by molar-refractivity contribution is -0.148. The van der Waals surface area contributed by atoms with Gasteiger partial charge in [-0.05, 0) is 57.6 Å². The Bertz CT molecular complexity index is 921. The van der Waals surface area contributed by atoms with Gasteiger partial charge in [0.2, 0.25) is 5.78 Å². The van der Waals surface area contributed by atoms with Gasteiger partial charge in [-0.1, -0.05) is 30.3 Å². The summed E-state index contributed by atoms with van der Waals surface area (Å²) in [4.78, 5) is 37.5. The highest BCUT2D eigenvalue weighted by Crippen LogP contribution is 2.35. The van der Waals surface area contributed by atoms with Crippen LogP contribution in [0.1, 0.15) is 41.8 Å². The van der Waals surface area contributed by atoms with Crippen LogP contribution >= 0.6 is 0 Å². The van der Waals surface area contributed by atoms with Crippen LogP contribution in [-0.4, -0.2) is 60.9 Å². The van der Waals surface area contributed by atoms with Crippen LogP contribution in [0.3, 0.4) is 0 Å². The zero-order chi connectivity index (χ0) is 23.0. The third-order valence-electron chi connectivity index (χ3n) is 4.38. The average Bonchev–Trinajstić information content (AvgIpc) is 2.69. The number of aliphatic carboxylic acids is 1. The first kappa shape index (κ1) is 24.1. The van der Waals surface area contributed by atoms with Crippen LogP contribution in [0, 0.1) is 0 Å². The smallest absolute Gasteiger partial charge is 0.372 e. The molecule has 2 aromatic rings. The maximum Gasteiger partial charge on any atom is 0.372 e. The normalized spacial score (nSPS) is 10.9. The molecule has 0 fully saturated rings. The zero-order valence-corrected chi connectivity index (χ0v) is 18.4. The second-order valence-electron chi connectivity index (χ2n) is 7.78. The Labute approximate surface area is 182 Å². The Morgan fingerprint density at radius 3 is 2.29 bits per heavy atom. The van der Waals surface area contributed by atoms with Gasteiger partial charge >= 0.3 is 5.97 Å². The maximum absolute atomic E-state index is 12.9. The molecule has 0 aliphatic rings. The number of likely N-dealkylation sites (N-methyl/N-ethyl adjacent to an activating group) is 1. The van der Waals surface area contributed by atoms with Gasteiger partial charge in [0.1, 0.15) is 6.61 Å². The lowest BCUT2D eigenvalue weighted by Crippen LogP contribution is -2.21. The minimum absolute atomic E-state index is 0.150. The molecule has 0 atom stereocenters. The summed E-state index contributed by atoms with van der Waals surface area (Å²) in [7, 11) is 3.85. The van der Waals surface area contributed by atoms with Gasteiger partial charge in [-0.3, -0.25) is 9.59 Å². The van der Waals surface area contributed by atoms with Crippen LogP contribution in [0.5, 0.6) is 11.5 Å². The monoisotopic (exact) mass is 427 g/mol. The second kappa shape index (κ2) is 11.3. The predicted molar refractivity (Wildman–Crippen MR) is 117 cm³/mol. The molecule has 0 spiro atoms. The van der Waals surface area contributed by atoms with Gasteiger partial charge in [0.05, 0.1) is 18.1 Å². The highest BCUT2D eigenvalue weighted by Gasteiger charge is 2.25. The van der Waals surface area contributed by atoms with Crippen LogP contribution in [0.15, 0.2) is 42.5 Å². The van der Waals surface area contributed by atoms with E-state index < -0.39 is 24.0 Å². The summed E-state index contributed by atoms with van der Waals surface area (Å²) in [6, 6.07) is 13.2. The lowest BCUT2D eigenvalue weighted by Gasteiger charge is -2.20. The van der Waals surface area contributed by atoms with E-state index >= 15 is 0 Å². The maximum atomic E-state index is 12.9. The molecule has 0 unspecified atom stereocenters. The molecule has 31 heavy (non-hydrogen) atoms. The van der Waals surface area contributed by atoms with Crippen LogP contribution in [-0.2, 0) is 16.0 Å². The van der Waals surface area contributed by atoms with Crippen molar-refractivity contribution >= 4 is 17.5 Å². The number of ether oxygens (including phenoxy) is 2. The van der Waals surface area contributed by atoms with Crippen molar-refractivity contribution in [3.8, 4) is 11.5 Å². The van der Waals surface area contributed by atoms with Crippen molar-refractivity contribution in [2.45, 2.75) is 32.8 Å². The second-order valence-corrected chi connectivity index (χ2v) is 7.78. The number of carbonyl (C=O) groups is 3. The van der Waals surface area contributed by atoms with Crippen LogP contribution in [0.2, 0.25) is 0 Å². The molecule has 2 rings (SSSR count). The molecule has 0 aliphatic carbocycles. The molecule has 1 N–H and O–H groups in total. The zero-order valence-electron chi connectivity index (χ0n) is 18.4. The molecule has 0 aromatic heterocycles. The van der Waals surface area contributed by atoms with Crippen molar-refractivity contribution in [1.29, 1.82) is 0 Å². The minimum atomic E-state index is -1.64. The third kappa shape index (κ3) is 7.53. The molecule has 166 valence electrons. The summed E-state index contributed by atoms with van der Waals surface area (Å²) in [5.74, 6) is -2.79. The Morgan fingerprint density at radius 1 is 1.03 bits per heavy atom. The van der Waals surface area contributed by atoms with E-state index in [2.05, 4.69) is 0 Å². The van der Waals surface area contributed by atoms with E-state index in [9.17, 15) is 14.4 Å². The largest absolute Gasteiger partial charge is 0.488 e. The van der Waals surface area contributed by atoms with Gasteiger partial charge < -0.3 is 19.5 Å². The average molecular weight is 427 g/mol. The first-order valence-corrected chi connectivity index (χ1v) is 10.1. The third-order valence-corrected chi connectivity index (χ3v) is 4.38. The number of hydrogen-bond donors (Lipinski definition) is 1. The predicted octanol–water partition coefficient (Wildman–Crippen LogP) is 3.23. The summed E-state index contributed by atoms with van der Waals surface area (Å²) in [5.41, 5.74) is 1.99. The van der Waals surface area contributed by atoms with E-state index in [0.717, 1.165) is 11.1 Å². The fourth-order valence-electron chi connectivity index (χ4n) is 2.92. The molecule has 0 saturated carbocycles. The van der Waals surface area contributed by atoms with Gasteiger partial charge in [-0.15, -0.1) is 0 Å². The van der Waals surface area contributed by atoms with Crippen molar-refractivity contribution in [3.05, 3.63) is 59.2 Å². The van der Waals surface area contributed by atoms with Crippen LogP contribution in [0.25, 0.3) is 0 Å². The number of ketones is 2. The van der Waals surface area contributed by atoms with E-state index in [1.807, 2.05) is 69.2 Å². The Hall–Kier alpha value is -3.19. The highest BCUT2D eigenvalue weighted by atomic mass is 16.5. The van der Waals surface area contributed by atoms with Gasteiger partial charge in [-0.25, -0.2) is 4.79 Å². The van der Waals surface area contributed by atoms with Gasteiger partial charge in [0.25, 0.3) is 0 Å². The number of carbonyl (C=O) groups excluding carboxylic acids is 2. The van der Waals surface area contributed by atoms with Crippen molar-refractivity contribution in [2.24, 2.45) is 0 Å². The van der Waals surface area contributed by atoms with Gasteiger partial charge in [0.15, 0.2) is 17.3 Å². The van der Waals surface area contributed by atoms with Crippen LogP contribution in [0.4, 0.5) is 0 Å². The van der Waals surface area contributed by atoms with E-state index in [4.69, 9.17) is 14.6 Å². The summed E-state index contributed by atoms with van der Waals surface area (Å²) in [5, 5.41) is 8.90. The van der Waals surface area contributed by atoms with E-state index in [1.165, 1.54) is 0 Å². The number of nitrogens with zero attached hydrogens (tertiary/aromatic N) is 1. The van der Waals surface area contributed by atoms with E-state index in [1.54, 1.807) is 6.07 Å². The number of carboxylic acids is 1. The van der Waals surface area contributed by atoms with Gasteiger partial charge in [-0.2, -0.15) is 0 Å². The molecular formula is C24H29NO6. The Balaban J connectivity index is 2.49. The highest BCUT2D eigenvalue weighted by molar-refractivity contribution is 6.37.